The van der Waals surface area contributed by atoms with Crippen LogP contribution >= 0.6 is 34.4 Å². The quantitative estimate of drug-likeness (QED) is 0.440. The van der Waals surface area contributed by atoms with Crippen LogP contribution in [0.2, 0.25) is 0 Å². The van der Waals surface area contributed by atoms with Crippen LogP contribution in [0.1, 0.15) is 0 Å². The molecule has 3 nitrogen and oxygen atoms in total. The number of thioether (sulfide) groups is 1. The molecule has 0 saturated carbocycles. The van der Waals surface area contributed by atoms with Gasteiger partial charge in [0.05, 0.1) is 16.3 Å². The summed E-state index contributed by atoms with van der Waals surface area (Å²) in [5.74, 6) is -0.0356. The molecule has 0 amide bonds. The Labute approximate surface area is 105 Å². The zero-order valence-corrected chi connectivity index (χ0v) is 10.8. The van der Waals surface area contributed by atoms with E-state index in [2.05, 4.69) is 0 Å². The van der Waals surface area contributed by atoms with Gasteiger partial charge < -0.3 is 15.9 Å². The molecule has 4 N–H and O–H groups in total. The highest BCUT2D eigenvalue weighted by atomic mass is 127. The van der Waals surface area contributed by atoms with Crippen molar-refractivity contribution in [2.75, 3.05) is 18.1 Å². The third-order valence-corrected chi connectivity index (χ3v) is 3.74. The molecule has 1 unspecified atom stereocenters. The van der Waals surface area contributed by atoms with E-state index in [1.165, 1.54) is 17.8 Å². The van der Waals surface area contributed by atoms with E-state index in [1.54, 1.807) is 6.07 Å². The molecule has 1 aromatic rings. The number of hydrogen-bond acceptors (Lipinski definition) is 4. The van der Waals surface area contributed by atoms with Crippen molar-refractivity contribution >= 4 is 40.0 Å². The molecule has 15 heavy (non-hydrogen) atoms. The molecule has 0 heterocycles. The molecule has 0 aliphatic heterocycles. The van der Waals surface area contributed by atoms with E-state index in [4.69, 9.17) is 15.9 Å². The summed E-state index contributed by atoms with van der Waals surface area (Å²) >= 11 is 3.09. The number of hydrogen-bond donors (Lipinski definition) is 3. The van der Waals surface area contributed by atoms with Crippen molar-refractivity contribution in [2.24, 2.45) is 0 Å². The van der Waals surface area contributed by atoms with Gasteiger partial charge in [-0.3, -0.25) is 0 Å². The summed E-state index contributed by atoms with van der Waals surface area (Å²) in [7, 11) is 0. The van der Waals surface area contributed by atoms with Crippen LogP contribution in [0.25, 0.3) is 0 Å². The molecule has 0 aliphatic carbocycles. The van der Waals surface area contributed by atoms with Crippen molar-refractivity contribution in [2.45, 2.75) is 11.0 Å². The second-order valence-electron chi connectivity index (χ2n) is 2.95. The monoisotopic (exact) mass is 343 g/mol. The smallest absolute Gasteiger partial charge is 0.137 e. The van der Waals surface area contributed by atoms with Crippen molar-refractivity contribution in [3.8, 4) is 0 Å². The van der Waals surface area contributed by atoms with Gasteiger partial charge in [-0.15, -0.1) is 11.8 Å². The number of nitrogen functional groups attached to an aromatic ring is 1. The Bertz CT molecular complexity index is 351. The molecule has 0 spiro atoms. The maximum Gasteiger partial charge on any atom is 0.137 e. The van der Waals surface area contributed by atoms with Gasteiger partial charge in [0, 0.05) is 16.3 Å². The molecular formula is C9H11FINO2S. The van der Waals surface area contributed by atoms with E-state index >= 15 is 0 Å². The number of halogens is 2. The summed E-state index contributed by atoms with van der Waals surface area (Å²) < 4.78 is 13.6. The second-order valence-corrected chi connectivity index (χ2v) is 5.18. The summed E-state index contributed by atoms with van der Waals surface area (Å²) in [4.78, 5) is 0.584. The summed E-state index contributed by atoms with van der Waals surface area (Å²) in [6.45, 7) is -0.306. The average Bonchev–Trinajstić information content (AvgIpc) is 2.21. The molecular weight excluding hydrogens is 332 g/mol. The van der Waals surface area contributed by atoms with Gasteiger partial charge in [0.25, 0.3) is 0 Å². The van der Waals surface area contributed by atoms with E-state index in [0.717, 1.165) is 0 Å². The number of benzene rings is 1. The number of aliphatic hydroxyl groups excluding tert-OH is 2. The summed E-state index contributed by atoms with van der Waals surface area (Å²) in [6, 6.07) is 2.88. The second kappa shape index (κ2) is 5.88. The lowest BCUT2D eigenvalue weighted by Crippen LogP contribution is -2.14. The predicted octanol–water partition coefficient (Wildman–Crippen LogP) is 1.46. The number of nitrogens with two attached hydrogens (primary N) is 1. The van der Waals surface area contributed by atoms with Crippen molar-refractivity contribution in [3.63, 3.8) is 0 Å². The molecule has 0 aliphatic rings. The van der Waals surface area contributed by atoms with Gasteiger partial charge in [-0.1, -0.05) is 0 Å². The largest absolute Gasteiger partial charge is 0.398 e. The molecule has 0 saturated heterocycles. The van der Waals surface area contributed by atoms with Gasteiger partial charge in [-0.05, 0) is 34.7 Å². The van der Waals surface area contributed by atoms with E-state index in [-0.39, 0.29) is 12.4 Å². The molecule has 0 aromatic heterocycles. The maximum absolute atomic E-state index is 13.2. The highest BCUT2D eigenvalue weighted by Crippen LogP contribution is 2.28. The van der Waals surface area contributed by atoms with Crippen molar-refractivity contribution in [1.29, 1.82) is 0 Å². The first-order valence-electron chi connectivity index (χ1n) is 4.21. The Morgan fingerprint density at radius 3 is 2.80 bits per heavy atom. The van der Waals surface area contributed by atoms with Crippen LogP contribution in [0, 0.1) is 9.39 Å². The highest BCUT2D eigenvalue weighted by molar-refractivity contribution is 14.1. The Morgan fingerprint density at radius 1 is 1.53 bits per heavy atom. The van der Waals surface area contributed by atoms with Crippen LogP contribution in [0.15, 0.2) is 17.0 Å². The molecule has 1 atom stereocenters. The first-order chi connectivity index (χ1) is 7.04. The fourth-order valence-electron chi connectivity index (χ4n) is 0.908. The lowest BCUT2D eigenvalue weighted by molar-refractivity contribution is 0.113. The number of aliphatic hydroxyl groups is 2. The van der Waals surface area contributed by atoms with Crippen molar-refractivity contribution in [1.82, 2.24) is 0 Å². The molecule has 0 bridgehead atoms. The van der Waals surface area contributed by atoms with Crippen LogP contribution in [-0.4, -0.2) is 28.7 Å². The van der Waals surface area contributed by atoms with Crippen LogP contribution < -0.4 is 5.73 Å². The van der Waals surface area contributed by atoms with Gasteiger partial charge in [0.15, 0.2) is 0 Å². The number of anilines is 1. The Kier molecular flexibility index (Phi) is 5.10. The van der Waals surface area contributed by atoms with Gasteiger partial charge in [-0.2, -0.15) is 0 Å². The zero-order valence-electron chi connectivity index (χ0n) is 7.78. The number of rotatable bonds is 4. The highest BCUT2D eigenvalue weighted by Gasteiger charge is 2.09. The van der Waals surface area contributed by atoms with E-state index < -0.39 is 6.10 Å². The van der Waals surface area contributed by atoms with Gasteiger partial charge >= 0.3 is 0 Å². The standard InChI is InChI=1S/C9H11FINO2S/c10-6-1-9(8(12)2-7(6)11)15-4-5(14)3-13/h1-2,5,13-14H,3-4,12H2. The van der Waals surface area contributed by atoms with E-state index in [0.29, 0.717) is 19.9 Å². The Balaban J connectivity index is 2.73. The SMILES string of the molecule is Nc1cc(I)c(F)cc1SCC(O)CO. The fourth-order valence-corrected chi connectivity index (χ4v) is 2.29. The summed E-state index contributed by atoms with van der Waals surface area (Å²) in [5, 5.41) is 17.7. The first-order valence-corrected chi connectivity index (χ1v) is 6.27. The minimum atomic E-state index is -0.809. The van der Waals surface area contributed by atoms with Gasteiger partial charge in [-0.25, -0.2) is 4.39 Å². The molecule has 1 rings (SSSR count). The van der Waals surface area contributed by atoms with E-state index in [9.17, 15) is 4.39 Å². The minimum Gasteiger partial charge on any atom is -0.398 e. The predicted molar refractivity (Wildman–Crippen MR) is 67.3 cm³/mol. The summed E-state index contributed by atoms with van der Waals surface area (Å²) in [6.07, 6.45) is -0.809. The van der Waals surface area contributed by atoms with Gasteiger partial charge in [0.2, 0.25) is 0 Å². The average molecular weight is 343 g/mol. The molecule has 6 heteroatoms. The molecule has 1 aromatic carbocycles. The third kappa shape index (κ3) is 3.78. The van der Waals surface area contributed by atoms with Crippen LogP contribution in [-0.2, 0) is 0 Å². The van der Waals surface area contributed by atoms with Crippen LogP contribution in [0.4, 0.5) is 10.1 Å². The van der Waals surface area contributed by atoms with Crippen LogP contribution in [0.5, 0.6) is 0 Å². The van der Waals surface area contributed by atoms with Gasteiger partial charge in [0.1, 0.15) is 5.82 Å². The molecule has 84 valence electrons. The van der Waals surface area contributed by atoms with Crippen molar-refractivity contribution < 1.29 is 14.6 Å². The summed E-state index contributed by atoms with van der Waals surface area (Å²) in [5.41, 5.74) is 6.16. The zero-order chi connectivity index (χ0) is 11.4. The lowest BCUT2D eigenvalue weighted by atomic mass is 10.3. The Hall–Kier alpha value is -0.0500. The Morgan fingerprint density at radius 2 is 2.20 bits per heavy atom. The third-order valence-electron chi connectivity index (χ3n) is 1.69. The van der Waals surface area contributed by atoms with E-state index in [1.807, 2.05) is 22.6 Å². The molecule has 0 fully saturated rings. The topological polar surface area (TPSA) is 66.5 Å². The minimum absolute atomic E-state index is 0.292. The fraction of sp³-hybridized carbons (Fsp3) is 0.333. The van der Waals surface area contributed by atoms with Crippen LogP contribution in [0.3, 0.4) is 0 Å². The normalized spacial score (nSPS) is 12.8. The maximum atomic E-state index is 13.2. The first kappa shape index (κ1) is 13.0. The van der Waals surface area contributed by atoms with Crippen molar-refractivity contribution in [3.05, 3.63) is 21.5 Å². The lowest BCUT2D eigenvalue weighted by Gasteiger charge is -2.09. The molecule has 0 radical (unpaired) electrons.